The number of amides is 1. The number of benzene rings is 2. The molecule has 0 aliphatic carbocycles. The van der Waals surface area contributed by atoms with Crippen LogP contribution in [0.1, 0.15) is 46.1 Å². The van der Waals surface area contributed by atoms with Crippen LogP contribution in [-0.4, -0.2) is 30.8 Å². The van der Waals surface area contributed by atoms with E-state index in [1.165, 1.54) is 0 Å². The molecule has 0 heterocycles. The second-order valence-corrected chi connectivity index (χ2v) is 8.06. The molecule has 0 aliphatic heterocycles. The van der Waals surface area contributed by atoms with Crippen LogP contribution in [0.5, 0.6) is 0 Å². The highest BCUT2D eigenvalue weighted by atomic mass is 16.6. The van der Waals surface area contributed by atoms with Crippen molar-refractivity contribution in [2.75, 3.05) is 23.8 Å². The first-order valence-electron chi connectivity index (χ1n) is 10.6. The summed E-state index contributed by atoms with van der Waals surface area (Å²) in [7, 11) is 0. The minimum absolute atomic E-state index is 0.169. The van der Waals surface area contributed by atoms with Crippen LogP contribution in [0.4, 0.5) is 21.9 Å². The summed E-state index contributed by atoms with van der Waals surface area (Å²) in [6.07, 6.45) is 0.666. The van der Waals surface area contributed by atoms with Gasteiger partial charge in [-0.2, -0.15) is 0 Å². The third-order valence-corrected chi connectivity index (χ3v) is 4.17. The first kappa shape index (κ1) is 24.1. The van der Waals surface area contributed by atoms with E-state index in [0.29, 0.717) is 32.5 Å². The van der Waals surface area contributed by atoms with Crippen LogP contribution < -0.4 is 16.0 Å². The molecule has 2 aromatic carbocycles. The molecule has 0 bridgehead atoms. The summed E-state index contributed by atoms with van der Waals surface area (Å²) in [6.45, 7) is 8.79. The Bertz CT molecular complexity index is 845. The molecule has 0 saturated heterocycles. The van der Waals surface area contributed by atoms with Gasteiger partial charge in [-0.15, -0.1) is 0 Å². The van der Waals surface area contributed by atoms with Gasteiger partial charge in [0.05, 0.1) is 18.0 Å². The lowest BCUT2D eigenvalue weighted by atomic mass is 10.2. The van der Waals surface area contributed by atoms with Gasteiger partial charge in [-0.1, -0.05) is 24.3 Å². The zero-order chi connectivity index (χ0) is 22.7. The lowest BCUT2D eigenvalue weighted by molar-refractivity contribution is -0.143. The molecule has 0 saturated carbocycles. The minimum Gasteiger partial charge on any atom is -0.466 e. The fraction of sp³-hybridized carbons (Fsp3) is 0.417. The van der Waals surface area contributed by atoms with Gasteiger partial charge >= 0.3 is 12.1 Å². The largest absolute Gasteiger partial charge is 0.466 e. The van der Waals surface area contributed by atoms with E-state index >= 15 is 0 Å². The van der Waals surface area contributed by atoms with Crippen LogP contribution in [0.15, 0.2) is 48.5 Å². The number of carbonyl (C=O) groups is 2. The number of hydrogen-bond donors (Lipinski definition) is 3. The second-order valence-electron chi connectivity index (χ2n) is 8.06. The van der Waals surface area contributed by atoms with Gasteiger partial charge in [0.25, 0.3) is 0 Å². The lowest BCUT2D eigenvalue weighted by Crippen LogP contribution is -2.32. The lowest BCUT2D eigenvalue weighted by Gasteiger charge is -2.19. The molecule has 31 heavy (non-hydrogen) atoms. The number of rotatable bonds is 10. The Hall–Kier alpha value is -3.22. The van der Waals surface area contributed by atoms with Gasteiger partial charge in [0.2, 0.25) is 0 Å². The number of anilines is 3. The van der Waals surface area contributed by atoms with Crippen molar-refractivity contribution in [1.82, 2.24) is 5.32 Å². The van der Waals surface area contributed by atoms with Gasteiger partial charge in [0.15, 0.2) is 0 Å². The van der Waals surface area contributed by atoms with Crippen molar-refractivity contribution in [3.8, 4) is 0 Å². The van der Waals surface area contributed by atoms with Crippen LogP contribution >= 0.6 is 0 Å². The number of carbonyl (C=O) groups excluding carboxylic acids is 2. The summed E-state index contributed by atoms with van der Waals surface area (Å²) < 4.78 is 10.2. The molecular formula is C24H33N3O4. The fourth-order valence-electron chi connectivity index (χ4n) is 2.79. The molecule has 0 atom stereocenters. The Balaban J connectivity index is 1.86. The Labute approximate surface area is 184 Å². The van der Waals surface area contributed by atoms with Crippen molar-refractivity contribution in [1.29, 1.82) is 0 Å². The van der Waals surface area contributed by atoms with E-state index in [9.17, 15) is 9.59 Å². The number of nitrogens with one attached hydrogen (secondary N) is 3. The van der Waals surface area contributed by atoms with Crippen LogP contribution in [0.3, 0.4) is 0 Å². The average Bonchev–Trinajstić information content (AvgIpc) is 2.71. The summed E-state index contributed by atoms with van der Waals surface area (Å²) in [6, 6.07) is 15.7. The first-order valence-corrected chi connectivity index (χ1v) is 10.6. The summed E-state index contributed by atoms with van der Waals surface area (Å²) >= 11 is 0. The highest BCUT2D eigenvalue weighted by Crippen LogP contribution is 2.25. The second kappa shape index (κ2) is 11.8. The van der Waals surface area contributed by atoms with Gasteiger partial charge in [0.1, 0.15) is 5.60 Å². The quantitative estimate of drug-likeness (QED) is 0.356. The molecule has 2 rings (SSSR count). The first-order chi connectivity index (χ1) is 14.8. The summed E-state index contributed by atoms with van der Waals surface area (Å²) in [4.78, 5) is 23.2. The van der Waals surface area contributed by atoms with Crippen LogP contribution in [0, 0.1) is 0 Å². The van der Waals surface area contributed by atoms with Crippen LogP contribution in [0.25, 0.3) is 0 Å². The third-order valence-electron chi connectivity index (χ3n) is 4.17. The zero-order valence-corrected chi connectivity index (χ0v) is 18.8. The number of para-hydroxylation sites is 2. The molecule has 0 aliphatic rings. The van der Waals surface area contributed by atoms with Crippen molar-refractivity contribution in [3.63, 3.8) is 0 Å². The Kier molecular flexibility index (Phi) is 9.18. The van der Waals surface area contributed by atoms with E-state index in [2.05, 4.69) is 16.0 Å². The van der Waals surface area contributed by atoms with Crippen LogP contribution in [0.2, 0.25) is 0 Å². The average molecular weight is 428 g/mol. The maximum atomic E-state index is 11.8. The predicted molar refractivity (Wildman–Crippen MR) is 124 cm³/mol. The van der Waals surface area contributed by atoms with Crippen molar-refractivity contribution < 1.29 is 19.1 Å². The van der Waals surface area contributed by atoms with Gasteiger partial charge in [-0.25, -0.2) is 4.79 Å². The number of alkyl carbamates (subject to hydrolysis) is 1. The summed E-state index contributed by atoms with van der Waals surface area (Å²) in [5, 5.41) is 9.52. The number of esters is 1. The van der Waals surface area contributed by atoms with Crippen molar-refractivity contribution in [3.05, 3.63) is 54.1 Å². The molecule has 0 unspecified atom stereocenters. The highest BCUT2D eigenvalue weighted by molar-refractivity contribution is 5.74. The normalized spacial score (nSPS) is 10.8. The predicted octanol–water partition coefficient (Wildman–Crippen LogP) is 5.21. The standard InChI is InChI=1S/C24H33N3O4/c1-5-30-22(28)11-8-16-25-20-9-6-7-10-21(20)27-19-14-12-18(13-15-19)17-26-23(29)31-24(2,3)4/h6-7,9-10,12-15,25,27H,5,8,11,16-17H2,1-4H3,(H,26,29). The SMILES string of the molecule is CCOC(=O)CCCNc1ccccc1Nc1ccc(CNC(=O)OC(C)(C)C)cc1. The highest BCUT2D eigenvalue weighted by Gasteiger charge is 2.15. The molecule has 7 heteroatoms. The van der Waals surface area contributed by atoms with E-state index in [4.69, 9.17) is 9.47 Å². The van der Waals surface area contributed by atoms with E-state index < -0.39 is 11.7 Å². The van der Waals surface area contributed by atoms with E-state index in [0.717, 1.165) is 22.6 Å². The van der Waals surface area contributed by atoms with E-state index in [1.807, 2.05) is 76.2 Å². The summed E-state index contributed by atoms with van der Waals surface area (Å²) in [5.74, 6) is -0.169. The number of hydrogen-bond acceptors (Lipinski definition) is 6. The molecule has 0 radical (unpaired) electrons. The van der Waals surface area contributed by atoms with Crippen molar-refractivity contribution in [2.24, 2.45) is 0 Å². The molecule has 3 N–H and O–H groups in total. The Morgan fingerprint density at radius 1 is 0.968 bits per heavy atom. The van der Waals surface area contributed by atoms with Crippen LogP contribution in [-0.2, 0) is 20.8 Å². The third kappa shape index (κ3) is 9.42. The van der Waals surface area contributed by atoms with Crippen molar-refractivity contribution >= 4 is 29.1 Å². The molecule has 0 fully saturated rings. The fourth-order valence-corrected chi connectivity index (χ4v) is 2.79. The molecular weight excluding hydrogens is 394 g/mol. The van der Waals surface area contributed by atoms with E-state index in [1.54, 1.807) is 0 Å². The smallest absolute Gasteiger partial charge is 0.407 e. The molecule has 0 spiro atoms. The zero-order valence-electron chi connectivity index (χ0n) is 18.8. The molecule has 1 amide bonds. The number of ether oxygens (including phenoxy) is 2. The topological polar surface area (TPSA) is 88.7 Å². The maximum absolute atomic E-state index is 11.8. The van der Waals surface area contributed by atoms with Gasteiger partial charge in [-0.05, 0) is 63.9 Å². The molecule has 0 aromatic heterocycles. The molecule has 7 nitrogen and oxygen atoms in total. The Morgan fingerprint density at radius 3 is 2.29 bits per heavy atom. The molecule has 168 valence electrons. The van der Waals surface area contributed by atoms with Gasteiger partial charge in [0, 0.05) is 25.2 Å². The van der Waals surface area contributed by atoms with Gasteiger partial charge < -0.3 is 25.4 Å². The Morgan fingerprint density at radius 2 is 1.65 bits per heavy atom. The monoisotopic (exact) mass is 427 g/mol. The van der Waals surface area contributed by atoms with E-state index in [-0.39, 0.29) is 5.97 Å². The molecule has 2 aromatic rings. The van der Waals surface area contributed by atoms with Gasteiger partial charge in [-0.3, -0.25) is 4.79 Å². The van der Waals surface area contributed by atoms with Crippen molar-refractivity contribution in [2.45, 2.75) is 52.7 Å². The summed E-state index contributed by atoms with van der Waals surface area (Å²) in [5.41, 5.74) is 3.29. The minimum atomic E-state index is -0.516. The maximum Gasteiger partial charge on any atom is 0.407 e.